The molecular formula is C27H29N3O3S. The summed E-state index contributed by atoms with van der Waals surface area (Å²) in [6.07, 6.45) is 0.775. The van der Waals surface area contributed by atoms with Crippen LogP contribution in [0, 0.1) is 18.8 Å². The van der Waals surface area contributed by atoms with Crippen molar-refractivity contribution in [3.63, 3.8) is 0 Å². The van der Waals surface area contributed by atoms with E-state index in [-0.39, 0.29) is 29.7 Å². The number of carbonyl (C=O) groups is 3. The molecule has 1 fully saturated rings. The third kappa shape index (κ3) is 5.20. The summed E-state index contributed by atoms with van der Waals surface area (Å²) in [6, 6.07) is 18.5. The maximum atomic E-state index is 13.5. The topological polar surface area (TPSA) is 78.5 Å². The molecule has 3 aromatic rings. The van der Waals surface area contributed by atoms with Gasteiger partial charge in [0.2, 0.25) is 17.7 Å². The minimum Gasteiger partial charge on any atom is -0.326 e. The highest BCUT2D eigenvalue weighted by atomic mass is 32.1. The van der Waals surface area contributed by atoms with Gasteiger partial charge in [0.05, 0.1) is 12.0 Å². The monoisotopic (exact) mass is 475 g/mol. The minimum absolute atomic E-state index is 0.0182. The third-order valence-corrected chi connectivity index (χ3v) is 6.95. The molecule has 0 aliphatic carbocycles. The first kappa shape index (κ1) is 23.7. The largest absolute Gasteiger partial charge is 0.326 e. The molecule has 0 spiro atoms. The molecule has 1 aliphatic heterocycles. The van der Waals surface area contributed by atoms with E-state index in [0.717, 1.165) is 16.1 Å². The average Bonchev–Trinajstić information content (AvgIpc) is 3.34. The fourth-order valence-corrected chi connectivity index (χ4v) is 5.04. The Morgan fingerprint density at radius 3 is 2.35 bits per heavy atom. The lowest BCUT2D eigenvalue weighted by atomic mass is 9.86. The Bertz CT molecular complexity index is 1170. The predicted octanol–water partition coefficient (Wildman–Crippen LogP) is 5.77. The standard InChI is InChI=1S/C27H29N3O3S/c1-17(2)26(32)28-19-6-4-7-20(16-19)29-27(33)22-13-14-24(31)30(21-11-9-18(3)10-12-21)25(22)23-8-5-15-34-23/h4-12,15-17,22,25H,13-14H2,1-3H3,(H,28,32)(H,29,33). The SMILES string of the molecule is Cc1ccc(N2C(=O)CCC(C(=O)Nc3cccc(NC(=O)C(C)C)c3)C2c2cccs2)cc1. The smallest absolute Gasteiger partial charge is 0.229 e. The lowest BCUT2D eigenvalue weighted by Gasteiger charge is -2.40. The summed E-state index contributed by atoms with van der Waals surface area (Å²) in [5.41, 5.74) is 3.14. The first-order chi connectivity index (χ1) is 16.3. The first-order valence-corrected chi connectivity index (χ1v) is 12.4. The Hall–Kier alpha value is -3.45. The van der Waals surface area contributed by atoms with E-state index in [1.807, 2.05) is 62.5 Å². The van der Waals surface area contributed by atoms with E-state index >= 15 is 0 Å². The molecular weight excluding hydrogens is 446 g/mol. The number of carbonyl (C=O) groups excluding carboxylic acids is 3. The molecule has 0 radical (unpaired) electrons. The van der Waals surface area contributed by atoms with Crippen LogP contribution in [0.1, 0.15) is 43.2 Å². The summed E-state index contributed by atoms with van der Waals surface area (Å²) in [7, 11) is 0. The molecule has 3 amide bonds. The molecule has 2 atom stereocenters. The number of rotatable bonds is 6. The molecule has 2 aromatic carbocycles. The minimum atomic E-state index is -0.411. The summed E-state index contributed by atoms with van der Waals surface area (Å²) in [4.78, 5) is 41.4. The van der Waals surface area contributed by atoms with Gasteiger partial charge in [-0.05, 0) is 55.1 Å². The van der Waals surface area contributed by atoms with Crippen LogP contribution in [0.15, 0.2) is 66.0 Å². The van der Waals surface area contributed by atoms with Gasteiger partial charge in [0.1, 0.15) is 0 Å². The second-order valence-electron chi connectivity index (χ2n) is 8.92. The van der Waals surface area contributed by atoms with Crippen LogP contribution in [0.25, 0.3) is 0 Å². The number of nitrogens with zero attached hydrogens (tertiary/aromatic N) is 1. The Morgan fingerprint density at radius 2 is 1.71 bits per heavy atom. The number of thiophene rings is 1. The molecule has 0 saturated carbocycles. The van der Waals surface area contributed by atoms with Crippen molar-refractivity contribution in [2.24, 2.45) is 11.8 Å². The van der Waals surface area contributed by atoms with E-state index in [2.05, 4.69) is 10.6 Å². The summed E-state index contributed by atoms with van der Waals surface area (Å²) >= 11 is 1.55. The van der Waals surface area contributed by atoms with Crippen LogP contribution >= 0.6 is 11.3 Å². The fourth-order valence-electron chi connectivity index (χ4n) is 4.16. The normalized spacial score (nSPS) is 18.1. The van der Waals surface area contributed by atoms with Crippen LogP contribution < -0.4 is 15.5 Å². The Morgan fingerprint density at radius 1 is 1.00 bits per heavy atom. The van der Waals surface area contributed by atoms with Gasteiger partial charge < -0.3 is 15.5 Å². The van der Waals surface area contributed by atoms with Gasteiger partial charge in [-0.3, -0.25) is 14.4 Å². The van der Waals surface area contributed by atoms with Gasteiger partial charge >= 0.3 is 0 Å². The summed E-state index contributed by atoms with van der Waals surface area (Å²) < 4.78 is 0. The van der Waals surface area contributed by atoms with Crippen LogP contribution in [0.3, 0.4) is 0 Å². The fraction of sp³-hybridized carbons (Fsp3) is 0.296. The average molecular weight is 476 g/mol. The molecule has 4 rings (SSSR count). The van der Waals surface area contributed by atoms with Crippen LogP contribution in [0.4, 0.5) is 17.1 Å². The van der Waals surface area contributed by atoms with Crippen LogP contribution in [0.5, 0.6) is 0 Å². The maximum Gasteiger partial charge on any atom is 0.229 e. The number of aryl methyl sites for hydroxylation is 1. The molecule has 0 bridgehead atoms. The van der Waals surface area contributed by atoms with E-state index < -0.39 is 5.92 Å². The van der Waals surface area contributed by atoms with E-state index in [0.29, 0.717) is 24.2 Å². The summed E-state index contributed by atoms with van der Waals surface area (Å²) in [6.45, 7) is 5.66. The number of amides is 3. The molecule has 1 saturated heterocycles. The van der Waals surface area contributed by atoms with Crippen molar-refractivity contribution in [3.8, 4) is 0 Å². The van der Waals surface area contributed by atoms with Gasteiger partial charge in [0.25, 0.3) is 0 Å². The molecule has 1 aliphatic rings. The quantitative estimate of drug-likeness (QED) is 0.475. The van der Waals surface area contributed by atoms with Gasteiger partial charge in [-0.1, -0.05) is 43.7 Å². The maximum absolute atomic E-state index is 13.5. The van der Waals surface area contributed by atoms with Crippen molar-refractivity contribution >= 4 is 46.1 Å². The van der Waals surface area contributed by atoms with Gasteiger partial charge in [-0.15, -0.1) is 11.3 Å². The Labute approximate surface area is 204 Å². The highest BCUT2D eigenvalue weighted by Crippen LogP contribution is 2.42. The highest BCUT2D eigenvalue weighted by Gasteiger charge is 2.42. The van der Waals surface area contributed by atoms with Gasteiger partial charge in [0, 0.05) is 34.3 Å². The molecule has 1 aromatic heterocycles. The van der Waals surface area contributed by atoms with E-state index in [9.17, 15) is 14.4 Å². The zero-order valence-corrected chi connectivity index (χ0v) is 20.4. The molecule has 6 nitrogen and oxygen atoms in total. The number of anilines is 3. The second kappa shape index (κ2) is 10.2. The van der Waals surface area contributed by atoms with Crippen LogP contribution in [-0.2, 0) is 14.4 Å². The van der Waals surface area contributed by atoms with Crippen molar-refractivity contribution in [3.05, 3.63) is 76.5 Å². The van der Waals surface area contributed by atoms with Gasteiger partial charge in [0.15, 0.2) is 0 Å². The van der Waals surface area contributed by atoms with Crippen molar-refractivity contribution in [2.45, 2.75) is 39.7 Å². The number of hydrogen-bond donors (Lipinski definition) is 2. The van der Waals surface area contributed by atoms with E-state index in [1.54, 1.807) is 40.5 Å². The molecule has 2 heterocycles. The Kier molecular flexibility index (Phi) is 7.12. The van der Waals surface area contributed by atoms with E-state index in [1.165, 1.54) is 0 Å². The van der Waals surface area contributed by atoms with Crippen molar-refractivity contribution < 1.29 is 14.4 Å². The van der Waals surface area contributed by atoms with Crippen molar-refractivity contribution in [1.29, 1.82) is 0 Å². The number of nitrogens with one attached hydrogen (secondary N) is 2. The molecule has 2 unspecified atom stereocenters. The summed E-state index contributed by atoms with van der Waals surface area (Å²) in [5.74, 6) is -0.760. The third-order valence-electron chi connectivity index (χ3n) is 6.00. The van der Waals surface area contributed by atoms with Crippen LogP contribution in [-0.4, -0.2) is 17.7 Å². The zero-order valence-electron chi connectivity index (χ0n) is 19.6. The lowest BCUT2D eigenvalue weighted by molar-refractivity contribution is -0.126. The molecule has 34 heavy (non-hydrogen) atoms. The van der Waals surface area contributed by atoms with E-state index in [4.69, 9.17) is 0 Å². The first-order valence-electron chi connectivity index (χ1n) is 11.5. The van der Waals surface area contributed by atoms with Crippen molar-refractivity contribution in [1.82, 2.24) is 0 Å². The number of hydrogen-bond acceptors (Lipinski definition) is 4. The van der Waals surface area contributed by atoms with Crippen molar-refractivity contribution in [2.75, 3.05) is 15.5 Å². The zero-order chi connectivity index (χ0) is 24.2. The molecule has 7 heteroatoms. The van der Waals surface area contributed by atoms with Gasteiger partial charge in [-0.2, -0.15) is 0 Å². The predicted molar refractivity (Wildman–Crippen MR) is 137 cm³/mol. The highest BCUT2D eigenvalue weighted by molar-refractivity contribution is 7.10. The number of piperidine rings is 1. The summed E-state index contributed by atoms with van der Waals surface area (Å²) in [5, 5.41) is 7.85. The van der Waals surface area contributed by atoms with Crippen LogP contribution in [0.2, 0.25) is 0 Å². The van der Waals surface area contributed by atoms with Gasteiger partial charge in [-0.25, -0.2) is 0 Å². The number of benzene rings is 2. The molecule has 2 N–H and O–H groups in total. The second-order valence-corrected chi connectivity index (χ2v) is 9.90. The Balaban J connectivity index is 1.61. The lowest BCUT2D eigenvalue weighted by Crippen LogP contribution is -2.46. The molecule has 176 valence electrons.